The monoisotopic (exact) mass is 214 g/mol. The van der Waals surface area contributed by atoms with Gasteiger partial charge in [-0.05, 0) is 12.3 Å². The molecular weight excluding hydrogens is 188 g/mol. The van der Waals surface area contributed by atoms with Crippen LogP contribution < -0.4 is 11.1 Å². The van der Waals surface area contributed by atoms with Crippen LogP contribution in [0, 0.1) is 11.8 Å². The van der Waals surface area contributed by atoms with Crippen LogP contribution in [0.2, 0.25) is 0 Å². The molecule has 3 N–H and O–H groups in total. The highest BCUT2D eigenvalue weighted by atomic mass is 16.1. The zero-order valence-electron chi connectivity index (χ0n) is 10.4. The van der Waals surface area contributed by atoms with E-state index in [0.717, 1.165) is 32.2 Å². The molecule has 0 aliphatic rings. The second-order valence-electron chi connectivity index (χ2n) is 4.15. The highest BCUT2D eigenvalue weighted by Gasteiger charge is 2.16. The average molecular weight is 214 g/mol. The number of amides is 1. The van der Waals surface area contributed by atoms with Crippen molar-refractivity contribution in [2.24, 2.45) is 17.6 Å². The van der Waals surface area contributed by atoms with Crippen molar-refractivity contribution in [3.63, 3.8) is 0 Å². The molecule has 3 nitrogen and oxygen atoms in total. The molecule has 90 valence electrons. The van der Waals surface area contributed by atoms with E-state index in [4.69, 9.17) is 5.73 Å². The fourth-order valence-corrected chi connectivity index (χ4v) is 1.67. The number of hydrogen-bond acceptors (Lipinski definition) is 2. The second-order valence-corrected chi connectivity index (χ2v) is 4.15. The summed E-state index contributed by atoms with van der Waals surface area (Å²) in [6, 6.07) is 0. The zero-order valence-corrected chi connectivity index (χ0v) is 10.4. The Morgan fingerprint density at radius 3 is 2.27 bits per heavy atom. The van der Waals surface area contributed by atoms with Crippen LogP contribution in [0.3, 0.4) is 0 Å². The first-order chi connectivity index (χ1) is 7.19. The molecule has 0 saturated carbocycles. The van der Waals surface area contributed by atoms with Gasteiger partial charge in [0.15, 0.2) is 0 Å². The minimum Gasteiger partial charge on any atom is -0.356 e. The van der Waals surface area contributed by atoms with Gasteiger partial charge in [0, 0.05) is 13.1 Å². The first kappa shape index (κ1) is 14.4. The van der Waals surface area contributed by atoms with Gasteiger partial charge in [-0.25, -0.2) is 0 Å². The standard InChI is InChI=1S/C12H26N2O/c1-4-7-11(8-13)12(15)14-9-10(5-2)6-3/h10-11H,4-9,13H2,1-3H3,(H,14,15). The highest BCUT2D eigenvalue weighted by molar-refractivity contribution is 5.78. The van der Waals surface area contributed by atoms with Crippen LogP contribution in [0.25, 0.3) is 0 Å². The topological polar surface area (TPSA) is 55.1 Å². The summed E-state index contributed by atoms with van der Waals surface area (Å²) in [5, 5.41) is 3.00. The van der Waals surface area contributed by atoms with Gasteiger partial charge in [0.25, 0.3) is 0 Å². The van der Waals surface area contributed by atoms with Gasteiger partial charge in [0.05, 0.1) is 5.92 Å². The Balaban J connectivity index is 3.88. The van der Waals surface area contributed by atoms with E-state index in [1.807, 2.05) is 0 Å². The number of nitrogens with one attached hydrogen (secondary N) is 1. The summed E-state index contributed by atoms with van der Waals surface area (Å²) in [6.07, 6.45) is 4.15. The third-order valence-corrected chi connectivity index (χ3v) is 3.01. The lowest BCUT2D eigenvalue weighted by molar-refractivity contribution is -0.125. The fourth-order valence-electron chi connectivity index (χ4n) is 1.67. The maximum Gasteiger partial charge on any atom is 0.224 e. The van der Waals surface area contributed by atoms with Gasteiger partial charge in [-0.3, -0.25) is 4.79 Å². The predicted octanol–water partition coefficient (Wildman–Crippen LogP) is 1.91. The third kappa shape index (κ3) is 5.78. The quantitative estimate of drug-likeness (QED) is 0.648. The summed E-state index contributed by atoms with van der Waals surface area (Å²) >= 11 is 0. The van der Waals surface area contributed by atoms with Crippen molar-refractivity contribution in [3.05, 3.63) is 0 Å². The van der Waals surface area contributed by atoms with Crippen LogP contribution in [-0.2, 0) is 4.79 Å². The van der Waals surface area contributed by atoms with Crippen LogP contribution in [0.15, 0.2) is 0 Å². The number of carbonyl (C=O) groups excluding carboxylic acids is 1. The Morgan fingerprint density at radius 1 is 1.27 bits per heavy atom. The van der Waals surface area contributed by atoms with Gasteiger partial charge in [-0.15, -0.1) is 0 Å². The van der Waals surface area contributed by atoms with Crippen LogP contribution in [0.1, 0.15) is 46.5 Å². The Kier molecular flexibility index (Phi) is 8.38. The van der Waals surface area contributed by atoms with E-state index in [9.17, 15) is 4.79 Å². The minimum absolute atomic E-state index is 0.00404. The zero-order chi connectivity index (χ0) is 11.7. The summed E-state index contributed by atoms with van der Waals surface area (Å²) in [5.74, 6) is 0.740. The van der Waals surface area contributed by atoms with E-state index >= 15 is 0 Å². The van der Waals surface area contributed by atoms with Gasteiger partial charge in [0.1, 0.15) is 0 Å². The van der Waals surface area contributed by atoms with Crippen LogP contribution in [0.4, 0.5) is 0 Å². The normalized spacial score (nSPS) is 12.9. The first-order valence-electron chi connectivity index (χ1n) is 6.17. The Bertz CT molecular complexity index is 167. The summed E-state index contributed by atoms with van der Waals surface area (Å²) in [5.41, 5.74) is 5.57. The van der Waals surface area contributed by atoms with E-state index in [1.54, 1.807) is 0 Å². The van der Waals surface area contributed by atoms with Gasteiger partial charge < -0.3 is 11.1 Å². The molecule has 0 rings (SSSR count). The molecule has 1 atom stereocenters. The molecule has 0 aromatic carbocycles. The Morgan fingerprint density at radius 2 is 1.87 bits per heavy atom. The Labute approximate surface area is 93.8 Å². The molecule has 1 amide bonds. The summed E-state index contributed by atoms with van der Waals surface area (Å²) in [6.45, 7) is 7.66. The van der Waals surface area contributed by atoms with Crippen molar-refractivity contribution in [1.82, 2.24) is 5.32 Å². The van der Waals surface area contributed by atoms with Crippen molar-refractivity contribution in [2.75, 3.05) is 13.1 Å². The number of nitrogens with two attached hydrogens (primary N) is 1. The lowest BCUT2D eigenvalue weighted by Crippen LogP contribution is -2.37. The van der Waals surface area contributed by atoms with Crippen molar-refractivity contribution in [2.45, 2.75) is 46.5 Å². The largest absolute Gasteiger partial charge is 0.356 e. The van der Waals surface area contributed by atoms with E-state index < -0.39 is 0 Å². The fraction of sp³-hybridized carbons (Fsp3) is 0.917. The highest BCUT2D eigenvalue weighted by Crippen LogP contribution is 2.08. The molecule has 0 heterocycles. The summed E-state index contributed by atoms with van der Waals surface area (Å²) in [4.78, 5) is 11.7. The molecular formula is C12H26N2O. The molecule has 1 unspecified atom stereocenters. The molecule has 0 aromatic rings. The molecule has 0 radical (unpaired) electrons. The smallest absolute Gasteiger partial charge is 0.224 e. The molecule has 15 heavy (non-hydrogen) atoms. The SMILES string of the molecule is CCCC(CN)C(=O)NCC(CC)CC. The van der Waals surface area contributed by atoms with Crippen molar-refractivity contribution in [1.29, 1.82) is 0 Å². The summed E-state index contributed by atoms with van der Waals surface area (Å²) in [7, 11) is 0. The number of rotatable bonds is 8. The molecule has 0 bridgehead atoms. The maximum atomic E-state index is 11.7. The molecule has 0 spiro atoms. The minimum atomic E-state index is 0.00404. The van der Waals surface area contributed by atoms with Crippen LogP contribution in [0.5, 0.6) is 0 Å². The average Bonchev–Trinajstić information content (AvgIpc) is 2.26. The lowest BCUT2D eigenvalue weighted by Gasteiger charge is -2.17. The maximum absolute atomic E-state index is 11.7. The lowest BCUT2D eigenvalue weighted by atomic mass is 10.0. The van der Waals surface area contributed by atoms with E-state index in [2.05, 4.69) is 26.1 Å². The molecule has 3 heteroatoms. The van der Waals surface area contributed by atoms with Crippen LogP contribution >= 0.6 is 0 Å². The van der Waals surface area contributed by atoms with E-state index in [0.29, 0.717) is 12.5 Å². The van der Waals surface area contributed by atoms with Gasteiger partial charge in [-0.2, -0.15) is 0 Å². The van der Waals surface area contributed by atoms with Crippen LogP contribution in [-0.4, -0.2) is 19.0 Å². The third-order valence-electron chi connectivity index (χ3n) is 3.01. The number of carbonyl (C=O) groups is 1. The van der Waals surface area contributed by atoms with Crippen molar-refractivity contribution < 1.29 is 4.79 Å². The van der Waals surface area contributed by atoms with Crippen molar-refractivity contribution >= 4 is 5.91 Å². The van der Waals surface area contributed by atoms with Gasteiger partial charge >= 0.3 is 0 Å². The molecule has 0 fully saturated rings. The Hall–Kier alpha value is -0.570. The molecule has 0 saturated heterocycles. The molecule has 0 aliphatic carbocycles. The first-order valence-corrected chi connectivity index (χ1v) is 6.17. The predicted molar refractivity (Wildman–Crippen MR) is 64.5 cm³/mol. The van der Waals surface area contributed by atoms with E-state index in [1.165, 1.54) is 0 Å². The molecule has 0 aliphatic heterocycles. The van der Waals surface area contributed by atoms with Crippen molar-refractivity contribution in [3.8, 4) is 0 Å². The van der Waals surface area contributed by atoms with E-state index in [-0.39, 0.29) is 11.8 Å². The van der Waals surface area contributed by atoms with Gasteiger partial charge in [-0.1, -0.05) is 40.0 Å². The second kappa shape index (κ2) is 8.72. The number of hydrogen-bond donors (Lipinski definition) is 2. The summed E-state index contributed by atoms with van der Waals surface area (Å²) < 4.78 is 0. The molecule has 0 aromatic heterocycles. The van der Waals surface area contributed by atoms with Gasteiger partial charge in [0.2, 0.25) is 5.91 Å².